The van der Waals surface area contributed by atoms with E-state index in [1.807, 2.05) is 12.3 Å². The van der Waals surface area contributed by atoms with Gasteiger partial charge in [0.15, 0.2) is 5.13 Å². The molecule has 0 aromatic carbocycles. The Bertz CT molecular complexity index is 523. The molecule has 0 saturated heterocycles. The highest BCUT2D eigenvalue weighted by atomic mass is 32.2. The summed E-state index contributed by atoms with van der Waals surface area (Å²) in [4.78, 5) is 15.7. The molecule has 0 atom stereocenters. The maximum absolute atomic E-state index is 11.5. The molecule has 0 aliphatic carbocycles. The van der Waals surface area contributed by atoms with E-state index in [2.05, 4.69) is 20.5 Å². The Balaban J connectivity index is 1.82. The summed E-state index contributed by atoms with van der Waals surface area (Å²) in [7, 11) is 0. The third-order valence-corrected chi connectivity index (χ3v) is 3.39. The molecule has 0 bridgehead atoms. The van der Waals surface area contributed by atoms with E-state index < -0.39 is 0 Å². The second kappa shape index (κ2) is 5.28. The molecule has 2 heterocycles. The van der Waals surface area contributed by atoms with Crippen molar-refractivity contribution in [2.45, 2.75) is 19.1 Å². The molecule has 6 nitrogen and oxygen atoms in total. The molecular weight excluding hydrogens is 260 g/mol. The zero-order chi connectivity index (χ0) is 12.3. The maximum atomic E-state index is 11.5. The van der Waals surface area contributed by atoms with Crippen LogP contribution in [0.2, 0.25) is 0 Å². The van der Waals surface area contributed by atoms with Gasteiger partial charge in [-0.25, -0.2) is 4.98 Å². The predicted molar refractivity (Wildman–Crippen MR) is 65.2 cm³/mol. The van der Waals surface area contributed by atoms with Gasteiger partial charge >= 0.3 is 0 Å². The Morgan fingerprint density at radius 3 is 2.94 bits per heavy atom. The normalized spacial score (nSPS) is 10.5. The zero-order valence-corrected chi connectivity index (χ0v) is 10.9. The van der Waals surface area contributed by atoms with Crippen LogP contribution < -0.4 is 5.32 Å². The van der Waals surface area contributed by atoms with Gasteiger partial charge < -0.3 is 9.73 Å². The number of nitrogens with zero attached hydrogens (tertiary/aromatic N) is 3. The van der Waals surface area contributed by atoms with Crippen molar-refractivity contribution >= 4 is 34.1 Å². The van der Waals surface area contributed by atoms with Crippen LogP contribution in [0.15, 0.2) is 15.0 Å². The quantitative estimate of drug-likeness (QED) is 0.854. The van der Waals surface area contributed by atoms with Crippen molar-refractivity contribution in [3.63, 3.8) is 0 Å². The molecule has 2 rings (SSSR count). The average Bonchev–Trinajstić information content (AvgIpc) is 2.85. The van der Waals surface area contributed by atoms with Gasteiger partial charge in [0.2, 0.25) is 11.8 Å². The van der Waals surface area contributed by atoms with Gasteiger partial charge in [-0.2, -0.15) is 0 Å². The summed E-state index contributed by atoms with van der Waals surface area (Å²) in [5, 5.41) is 13.0. The SMILES string of the molecule is Cc1csc(NC(=O)CSc2nnc(C)o2)n1. The average molecular weight is 270 g/mol. The number of aryl methyl sites for hydroxylation is 2. The molecule has 0 spiro atoms. The maximum Gasteiger partial charge on any atom is 0.277 e. The zero-order valence-electron chi connectivity index (χ0n) is 9.26. The van der Waals surface area contributed by atoms with Crippen molar-refractivity contribution in [1.82, 2.24) is 15.2 Å². The Morgan fingerprint density at radius 1 is 1.53 bits per heavy atom. The molecule has 0 aliphatic heterocycles. The molecule has 90 valence electrons. The summed E-state index contributed by atoms with van der Waals surface area (Å²) in [5.74, 6) is 0.573. The number of hydrogen-bond donors (Lipinski definition) is 1. The van der Waals surface area contributed by atoms with E-state index in [9.17, 15) is 4.79 Å². The minimum Gasteiger partial charge on any atom is -0.416 e. The number of anilines is 1. The lowest BCUT2D eigenvalue weighted by Crippen LogP contribution is -2.13. The van der Waals surface area contributed by atoms with Gasteiger partial charge in [0.1, 0.15) is 0 Å². The van der Waals surface area contributed by atoms with Gasteiger partial charge in [-0.3, -0.25) is 4.79 Å². The molecule has 2 aromatic heterocycles. The number of amides is 1. The summed E-state index contributed by atoms with van der Waals surface area (Å²) in [5.41, 5.74) is 0.894. The van der Waals surface area contributed by atoms with Crippen molar-refractivity contribution in [3.8, 4) is 0 Å². The first-order valence-corrected chi connectivity index (χ1v) is 6.65. The van der Waals surface area contributed by atoms with Gasteiger partial charge in [-0.1, -0.05) is 11.8 Å². The van der Waals surface area contributed by atoms with Crippen molar-refractivity contribution in [3.05, 3.63) is 17.0 Å². The van der Waals surface area contributed by atoms with Crippen LogP contribution in [-0.2, 0) is 4.79 Å². The summed E-state index contributed by atoms with van der Waals surface area (Å²) in [6.07, 6.45) is 0. The molecule has 0 unspecified atom stereocenters. The third kappa shape index (κ3) is 3.53. The smallest absolute Gasteiger partial charge is 0.277 e. The monoisotopic (exact) mass is 270 g/mol. The molecule has 1 amide bonds. The fourth-order valence-electron chi connectivity index (χ4n) is 1.03. The molecule has 8 heteroatoms. The van der Waals surface area contributed by atoms with E-state index in [-0.39, 0.29) is 11.7 Å². The molecule has 17 heavy (non-hydrogen) atoms. The van der Waals surface area contributed by atoms with Crippen LogP contribution in [0.3, 0.4) is 0 Å². The number of carbonyl (C=O) groups excluding carboxylic acids is 1. The number of thiazole rings is 1. The standard InChI is InChI=1S/C9H10N4O2S2/c1-5-3-16-8(10-5)11-7(14)4-17-9-13-12-6(2)15-9/h3H,4H2,1-2H3,(H,10,11,14). The minimum atomic E-state index is -0.139. The third-order valence-electron chi connectivity index (χ3n) is 1.70. The summed E-state index contributed by atoms with van der Waals surface area (Å²) in [6.45, 7) is 3.58. The number of carbonyl (C=O) groups is 1. The van der Waals surface area contributed by atoms with Crippen LogP contribution in [0.5, 0.6) is 0 Å². The lowest BCUT2D eigenvalue weighted by atomic mass is 10.6. The number of nitrogens with one attached hydrogen (secondary N) is 1. The number of hydrogen-bond acceptors (Lipinski definition) is 7. The van der Waals surface area contributed by atoms with Crippen LogP contribution in [0.25, 0.3) is 0 Å². The van der Waals surface area contributed by atoms with Gasteiger partial charge in [0.25, 0.3) is 5.22 Å². The number of rotatable bonds is 4. The Labute approximate surface area is 106 Å². The highest BCUT2D eigenvalue weighted by Gasteiger charge is 2.09. The van der Waals surface area contributed by atoms with Gasteiger partial charge in [0.05, 0.1) is 11.4 Å². The first-order chi connectivity index (χ1) is 8.13. The van der Waals surface area contributed by atoms with Crippen LogP contribution in [-0.4, -0.2) is 26.8 Å². The topological polar surface area (TPSA) is 80.9 Å². The molecule has 2 aromatic rings. The lowest BCUT2D eigenvalue weighted by molar-refractivity contribution is -0.113. The molecule has 0 saturated carbocycles. The van der Waals surface area contributed by atoms with Crippen LogP contribution in [0.4, 0.5) is 5.13 Å². The molecule has 0 radical (unpaired) electrons. The first-order valence-electron chi connectivity index (χ1n) is 4.78. The van der Waals surface area contributed by atoms with E-state index in [0.29, 0.717) is 16.2 Å². The van der Waals surface area contributed by atoms with Crippen LogP contribution in [0.1, 0.15) is 11.6 Å². The van der Waals surface area contributed by atoms with E-state index >= 15 is 0 Å². The first kappa shape index (κ1) is 12.1. The van der Waals surface area contributed by atoms with E-state index in [1.165, 1.54) is 23.1 Å². The summed E-state index contributed by atoms with van der Waals surface area (Å²) in [6, 6.07) is 0. The predicted octanol–water partition coefficient (Wildman–Crippen LogP) is 1.87. The minimum absolute atomic E-state index is 0.139. The van der Waals surface area contributed by atoms with Crippen LogP contribution in [0, 0.1) is 13.8 Å². The fraction of sp³-hybridized carbons (Fsp3) is 0.333. The summed E-state index contributed by atoms with van der Waals surface area (Å²) >= 11 is 2.60. The van der Waals surface area contributed by atoms with E-state index in [1.54, 1.807) is 6.92 Å². The molecule has 0 fully saturated rings. The largest absolute Gasteiger partial charge is 0.416 e. The van der Waals surface area contributed by atoms with E-state index in [0.717, 1.165) is 5.69 Å². The van der Waals surface area contributed by atoms with Crippen molar-refractivity contribution in [2.24, 2.45) is 0 Å². The fourth-order valence-corrected chi connectivity index (χ4v) is 2.34. The lowest BCUT2D eigenvalue weighted by Gasteiger charge is -1.98. The number of aromatic nitrogens is 3. The Morgan fingerprint density at radius 2 is 2.35 bits per heavy atom. The second-order valence-corrected chi connectivity index (χ2v) is 5.00. The van der Waals surface area contributed by atoms with E-state index in [4.69, 9.17) is 4.42 Å². The van der Waals surface area contributed by atoms with Crippen molar-refractivity contribution in [2.75, 3.05) is 11.1 Å². The summed E-state index contributed by atoms with van der Waals surface area (Å²) < 4.78 is 5.14. The van der Waals surface area contributed by atoms with Gasteiger partial charge in [0, 0.05) is 12.3 Å². The molecule has 0 aliphatic rings. The second-order valence-electron chi connectivity index (χ2n) is 3.22. The van der Waals surface area contributed by atoms with Gasteiger partial charge in [-0.15, -0.1) is 21.5 Å². The highest BCUT2D eigenvalue weighted by molar-refractivity contribution is 7.99. The van der Waals surface area contributed by atoms with Gasteiger partial charge in [-0.05, 0) is 6.92 Å². The number of thioether (sulfide) groups is 1. The molecule has 1 N–H and O–H groups in total. The van der Waals surface area contributed by atoms with Crippen LogP contribution >= 0.6 is 23.1 Å². The van der Waals surface area contributed by atoms with Crippen molar-refractivity contribution in [1.29, 1.82) is 0 Å². The highest BCUT2D eigenvalue weighted by Crippen LogP contribution is 2.18. The van der Waals surface area contributed by atoms with Crippen molar-refractivity contribution < 1.29 is 9.21 Å². The molecular formula is C9H10N4O2S2. The Hall–Kier alpha value is -1.41. The Kier molecular flexibility index (Phi) is 3.75.